The highest BCUT2D eigenvalue weighted by molar-refractivity contribution is 6.31. The van der Waals surface area contributed by atoms with Crippen LogP contribution in [0.25, 0.3) is 10.9 Å². The van der Waals surface area contributed by atoms with E-state index < -0.39 is 0 Å². The van der Waals surface area contributed by atoms with Gasteiger partial charge in [-0.05, 0) is 30.8 Å². The number of nitrogens with one attached hydrogen (secondary N) is 1. The van der Waals surface area contributed by atoms with E-state index in [2.05, 4.69) is 17.1 Å². The van der Waals surface area contributed by atoms with E-state index in [0.29, 0.717) is 10.7 Å². The van der Waals surface area contributed by atoms with Crippen molar-refractivity contribution in [2.24, 2.45) is 0 Å². The number of anilines is 1. The predicted molar refractivity (Wildman–Crippen MR) is 106 cm³/mol. The Balaban J connectivity index is 1.83. The van der Waals surface area contributed by atoms with Crippen molar-refractivity contribution < 1.29 is 4.79 Å². The Kier molecular flexibility index (Phi) is 4.62. The van der Waals surface area contributed by atoms with Gasteiger partial charge in [0.2, 0.25) is 0 Å². The van der Waals surface area contributed by atoms with Crippen LogP contribution in [0.2, 0.25) is 5.02 Å². The van der Waals surface area contributed by atoms with Crippen molar-refractivity contribution in [3.63, 3.8) is 0 Å². The van der Waals surface area contributed by atoms with E-state index in [-0.39, 0.29) is 5.91 Å². The summed E-state index contributed by atoms with van der Waals surface area (Å²) in [6, 6.07) is 15.1. The Bertz CT molecular complexity index is 986. The third-order valence-electron chi connectivity index (χ3n) is 4.88. The van der Waals surface area contributed by atoms with E-state index in [1.165, 1.54) is 0 Å². The lowest BCUT2D eigenvalue weighted by Crippen LogP contribution is -2.33. The minimum atomic E-state index is -0.111. The van der Waals surface area contributed by atoms with Crippen LogP contribution >= 0.6 is 11.6 Å². The number of hydrogen-bond acceptors (Lipinski definition) is 3. The number of carbonyl (C=O) groups is 1. The summed E-state index contributed by atoms with van der Waals surface area (Å²) < 4.78 is 0. The minimum absolute atomic E-state index is 0.111. The lowest BCUT2D eigenvalue weighted by molar-refractivity contribution is 0.102. The highest BCUT2D eigenvalue weighted by Crippen LogP contribution is 2.29. The average molecular weight is 366 g/mol. The van der Waals surface area contributed by atoms with Crippen LogP contribution in [0.3, 0.4) is 0 Å². The normalized spacial score (nSPS) is 14.2. The Labute approximate surface area is 157 Å². The Morgan fingerprint density at radius 3 is 2.88 bits per heavy atom. The first-order valence-corrected chi connectivity index (χ1v) is 9.23. The number of pyridine rings is 1. The van der Waals surface area contributed by atoms with Gasteiger partial charge in [-0.1, -0.05) is 42.8 Å². The number of benzene rings is 2. The van der Waals surface area contributed by atoms with E-state index in [4.69, 9.17) is 16.6 Å². The maximum atomic E-state index is 13.2. The zero-order valence-corrected chi connectivity index (χ0v) is 15.4. The van der Waals surface area contributed by atoms with Crippen molar-refractivity contribution in [2.75, 3.05) is 18.4 Å². The molecule has 3 aromatic rings. The van der Waals surface area contributed by atoms with Crippen LogP contribution in [-0.2, 0) is 13.0 Å². The second-order valence-corrected chi connectivity index (χ2v) is 6.95. The largest absolute Gasteiger partial charge is 0.322 e. The maximum Gasteiger partial charge on any atom is 0.256 e. The zero-order valence-electron chi connectivity index (χ0n) is 14.6. The molecule has 2 heterocycles. The number of hydrogen-bond donors (Lipinski definition) is 1. The van der Waals surface area contributed by atoms with Crippen molar-refractivity contribution in [2.45, 2.75) is 19.9 Å². The first kappa shape index (κ1) is 17.0. The number of halogens is 1. The van der Waals surface area contributed by atoms with Gasteiger partial charge in [-0.25, -0.2) is 0 Å². The summed E-state index contributed by atoms with van der Waals surface area (Å²) in [5.74, 6) is -0.111. The molecule has 0 fully saturated rings. The summed E-state index contributed by atoms with van der Waals surface area (Å²) >= 11 is 6.05. The van der Waals surface area contributed by atoms with Gasteiger partial charge in [0.1, 0.15) is 0 Å². The smallest absolute Gasteiger partial charge is 0.256 e. The number of aromatic nitrogens is 1. The van der Waals surface area contributed by atoms with Gasteiger partial charge in [-0.15, -0.1) is 0 Å². The van der Waals surface area contributed by atoms with Crippen LogP contribution in [-0.4, -0.2) is 28.9 Å². The van der Waals surface area contributed by atoms with Gasteiger partial charge in [0.25, 0.3) is 5.91 Å². The number of para-hydroxylation sites is 1. The number of likely N-dealkylation sites (N-methyl/N-ethyl adjacent to an activating group) is 1. The van der Waals surface area contributed by atoms with Crippen molar-refractivity contribution >= 4 is 34.1 Å². The monoisotopic (exact) mass is 365 g/mol. The fourth-order valence-electron chi connectivity index (χ4n) is 3.54. The summed E-state index contributed by atoms with van der Waals surface area (Å²) in [6.07, 6.45) is 0.867. The van der Waals surface area contributed by atoms with Gasteiger partial charge < -0.3 is 5.32 Å². The lowest BCUT2D eigenvalue weighted by atomic mass is 9.95. The quantitative estimate of drug-likeness (QED) is 0.742. The molecule has 2 aromatic carbocycles. The van der Waals surface area contributed by atoms with Crippen molar-refractivity contribution in [1.29, 1.82) is 0 Å². The molecule has 1 amide bonds. The molecule has 0 atom stereocenters. The van der Waals surface area contributed by atoms with Crippen LogP contribution in [0, 0.1) is 0 Å². The molecule has 1 aliphatic rings. The molecule has 1 aliphatic heterocycles. The molecule has 4 rings (SSSR count). The third-order valence-corrected chi connectivity index (χ3v) is 5.12. The van der Waals surface area contributed by atoms with Crippen molar-refractivity contribution in [3.05, 3.63) is 70.4 Å². The van der Waals surface area contributed by atoms with Crippen molar-refractivity contribution in [3.8, 4) is 0 Å². The van der Waals surface area contributed by atoms with E-state index in [0.717, 1.165) is 53.8 Å². The molecule has 5 heteroatoms. The molecular weight excluding hydrogens is 346 g/mol. The van der Waals surface area contributed by atoms with Gasteiger partial charge >= 0.3 is 0 Å². The predicted octanol–water partition coefficient (Wildman–Crippen LogP) is 4.52. The van der Waals surface area contributed by atoms with Gasteiger partial charge in [-0.3, -0.25) is 14.7 Å². The Hall–Kier alpha value is -2.43. The summed E-state index contributed by atoms with van der Waals surface area (Å²) in [4.78, 5) is 20.4. The van der Waals surface area contributed by atoms with E-state index in [1.54, 1.807) is 12.1 Å². The Morgan fingerprint density at radius 1 is 1.23 bits per heavy atom. The summed E-state index contributed by atoms with van der Waals surface area (Å²) in [7, 11) is 0. The van der Waals surface area contributed by atoms with Gasteiger partial charge in [-0.2, -0.15) is 0 Å². The topological polar surface area (TPSA) is 45.2 Å². The molecule has 0 saturated heterocycles. The zero-order chi connectivity index (χ0) is 18.1. The average Bonchev–Trinajstić information content (AvgIpc) is 2.65. The molecule has 1 N–H and O–H groups in total. The standard InChI is InChI=1S/C21H20ClN3O/c1-2-25-11-10-19-17(13-25)20(16-8-3-4-9-18(16)24-19)21(26)23-15-7-5-6-14(22)12-15/h3-9,12H,2,10-11,13H2,1H3,(H,23,26). The molecule has 26 heavy (non-hydrogen) atoms. The number of nitrogens with zero attached hydrogens (tertiary/aromatic N) is 2. The van der Waals surface area contributed by atoms with Crippen molar-refractivity contribution in [1.82, 2.24) is 9.88 Å². The number of rotatable bonds is 3. The minimum Gasteiger partial charge on any atom is -0.322 e. The molecule has 0 unspecified atom stereocenters. The fourth-order valence-corrected chi connectivity index (χ4v) is 3.73. The second-order valence-electron chi connectivity index (χ2n) is 6.51. The summed E-state index contributed by atoms with van der Waals surface area (Å²) in [6.45, 7) is 4.83. The first-order valence-electron chi connectivity index (χ1n) is 8.85. The van der Waals surface area contributed by atoms with Gasteiger partial charge in [0, 0.05) is 46.9 Å². The maximum absolute atomic E-state index is 13.2. The van der Waals surface area contributed by atoms with E-state index in [1.807, 2.05) is 36.4 Å². The van der Waals surface area contributed by atoms with Crippen LogP contribution in [0.4, 0.5) is 5.69 Å². The molecule has 4 nitrogen and oxygen atoms in total. The number of carbonyl (C=O) groups excluding carboxylic acids is 1. The molecule has 132 valence electrons. The molecule has 0 bridgehead atoms. The first-order chi connectivity index (χ1) is 12.7. The van der Waals surface area contributed by atoms with Crippen LogP contribution in [0.1, 0.15) is 28.5 Å². The molecule has 0 saturated carbocycles. The van der Waals surface area contributed by atoms with E-state index in [9.17, 15) is 4.79 Å². The van der Waals surface area contributed by atoms with Crippen LogP contribution in [0.5, 0.6) is 0 Å². The summed E-state index contributed by atoms with van der Waals surface area (Å²) in [5, 5.41) is 4.50. The number of amides is 1. The van der Waals surface area contributed by atoms with Crippen LogP contribution in [0.15, 0.2) is 48.5 Å². The van der Waals surface area contributed by atoms with Gasteiger partial charge in [0.15, 0.2) is 0 Å². The SMILES string of the molecule is CCN1CCc2nc3ccccc3c(C(=O)Nc3cccc(Cl)c3)c2C1. The Morgan fingerprint density at radius 2 is 2.08 bits per heavy atom. The highest BCUT2D eigenvalue weighted by Gasteiger charge is 2.25. The summed E-state index contributed by atoms with van der Waals surface area (Å²) in [5.41, 5.74) is 4.36. The van der Waals surface area contributed by atoms with Crippen LogP contribution < -0.4 is 5.32 Å². The second kappa shape index (κ2) is 7.06. The molecule has 1 aromatic heterocycles. The molecule has 0 spiro atoms. The lowest BCUT2D eigenvalue weighted by Gasteiger charge is -2.29. The molecule has 0 aliphatic carbocycles. The van der Waals surface area contributed by atoms with Gasteiger partial charge in [0.05, 0.1) is 11.1 Å². The highest BCUT2D eigenvalue weighted by atomic mass is 35.5. The number of fused-ring (bicyclic) bond motifs is 2. The molecular formula is C21H20ClN3O. The third kappa shape index (κ3) is 3.18. The molecule has 0 radical (unpaired) electrons. The fraction of sp³-hybridized carbons (Fsp3) is 0.238. The van der Waals surface area contributed by atoms with E-state index >= 15 is 0 Å².